The van der Waals surface area contributed by atoms with Gasteiger partial charge in [0.1, 0.15) is 5.82 Å². The Kier molecular flexibility index (Phi) is 3.90. The Balaban J connectivity index is 1.78. The first kappa shape index (κ1) is 13.8. The molecule has 0 heterocycles. The van der Waals surface area contributed by atoms with E-state index in [0.29, 0.717) is 16.8 Å². The minimum atomic E-state index is -0.595. The van der Waals surface area contributed by atoms with Gasteiger partial charge >= 0.3 is 0 Å². The molecule has 3 heteroatoms. The Bertz CT molecular complexity index is 602. The van der Waals surface area contributed by atoms with E-state index in [1.807, 2.05) is 18.2 Å². The van der Waals surface area contributed by atoms with Crippen LogP contribution in [0.25, 0.3) is 0 Å². The topological polar surface area (TPSA) is 20.2 Å². The number of hydrogen-bond acceptors (Lipinski definition) is 1. The summed E-state index contributed by atoms with van der Waals surface area (Å²) in [7, 11) is 0. The van der Waals surface area contributed by atoms with E-state index in [-0.39, 0.29) is 5.82 Å². The van der Waals surface area contributed by atoms with Gasteiger partial charge in [0, 0.05) is 10.9 Å². The van der Waals surface area contributed by atoms with E-state index in [0.717, 1.165) is 11.1 Å². The van der Waals surface area contributed by atoms with Gasteiger partial charge in [-0.25, -0.2) is 4.39 Å². The predicted molar refractivity (Wildman–Crippen MR) is 81.2 cm³/mol. The number of rotatable bonds is 4. The molecule has 0 spiro atoms. The van der Waals surface area contributed by atoms with E-state index in [1.54, 1.807) is 0 Å². The highest BCUT2D eigenvalue weighted by atomic mass is 79.9. The summed E-state index contributed by atoms with van der Waals surface area (Å²) in [4.78, 5) is 0. The minimum Gasteiger partial charge on any atom is -0.388 e. The van der Waals surface area contributed by atoms with Crippen molar-refractivity contribution in [2.24, 2.45) is 0 Å². The van der Waals surface area contributed by atoms with Gasteiger partial charge in [-0.15, -0.1) is 0 Å². The lowest BCUT2D eigenvalue weighted by Gasteiger charge is -2.13. The second-order valence-electron chi connectivity index (χ2n) is 5.44. The van der Waals surface area contributed by atoms with Crippen LogP contribution in [0.4, 0.5) is 4.39 Å². The maximum Gasteiger partial charge on any atom is 0.124 e. The van der Waals surface area contributed by atoms with Crippen LogP contribution >= 0.6 is 15.9 Å². The van der Waals surface area contributed by atoms with Crippen LogP contribution in [-0.4, -0.2) is 5.11 Å². The van der Waals surface area contributed by atoms with Crippen LogP contribution in [0.3, 0.4) is 0 Å². The molecule has 1 N–H and O–H groups in total. The summed E-state index contributed by atoms with van der Waals surface area (Å²) in [6, 6.07) is 12.9. The van der Waals surface area contributed by atoms with Crippen LogP contribution in [0.2, 0.25) is 0 Å². The van der Waals surface area contributed by atoms with Crippen molar-refractivity contribution in [2.45, 2.75) is 31.3 Å². The fourth-order valence-electron chi connectivity index (χ4n) is 2.51. The van der Waals surface area contributed by atoms with Gasteiger partial charge in [-0.3, -0.25) is 0 Å². The number of aliphatic hydroxyl groups is 1. The van der Waals surface area contributed by atoms with Crippen molar-refractivity contribution in [3.05, 3.63) is 69.4 Å². The maximum atomic E-state index is 13.3. The first-order valence-corrected chi connectivity index (χ1v) is 7.64. The quantitative estimate of drug-likeness (QED) is 0.855. The van der Waals surface area contributed by atoms with Gasteiger partial charge in [-0.2, -0.15) is 0 Å². The molecule has 20 heavy (non-hydrogen) atoms. The van der Waals surface area contributed by atoms with E-state index in [1.165, 1.54) is 30.5 Å². The molecule has 0 bridgehead atoms. The van der Waals surface area contributed by atoms with E-state index in [4.69, 9.17) is 0 Å². The van der Waals surface area contributed by atoms with Crippen LogP contribution in [0.15, 0.2) is 46.9 Å². The first-order chi connectivity index (χ1) is 9.61. The zero-order valence-corrected chi connectivity index (χ0v) is 12.6. The Morgan fingerprint density at radius 2 is 2.00 bits per heavy atom. The average molecular weight is 335 g/mol. The Morgan fingerprint density at radius 3 is 2.70 bits per heavy atom. The lowest BCUT2D eigenvalue weighted by atomic mass is 9.98. The third-order valence-electron chi connectivity index (χ3n) is 3.70. The van der Waals surface area contributed by atoms with E-state index < -0.39 is 6.10 Å². The van der Waals surface area contributed by atoms with Crippen LogP contribution in [-0.2, 0) is 6.42 Å². The second-order valence-corrected chi connectivity index (χ2v) is 6.36. The summed E-state index contributed by atoms with van der Waals surface area (Å²) in [5.74, 6) is 0.388. The average Bonchev–Trinajstić information content (AvgIpc) is 3.22. The molecule has 1 aliphatic carbocycles. The largest absolute Gasteiger partial charge is 0.388 e. The van der Waals surface area contributed by atoms with E-state index >= 15 is 0 Å². The molecule has 0 aromatic heterocycles. The fourth-order valence-corrected chi connectivity index (χ4v) is 3.02. The van der Waals surface area contributed by atoms with Gasteiger partial charge in [-0.1, -0.05) is 40.2 Å². The van der Waals surface area contributed by atoms with Crippen molar-refractivity contribution < 1.29 is 9.50 Å². The highest BCUT2D eigenvalue weighted by molar-refractivity contribution is 9.10. The number of hydrogen-bond donors (Lipinski definition) is 1. The van der Waals surface area contributed by atoms with Crippen molar-refractivity contribution in [3.63, 3.8) is 0 Å². The molecule has 0 aliphatic heterocycles. The molecular formula is C17H16BrFO. The van der Waals surface area contributed by atoms with Crippen molar-refractivity contribution in [1.82, 2.24) is 0 Å². The summed E-state index contributed by atoms with van der Waals surface area (Å²) < 4.78 is 14.0. The molecule has 104 valence electrons. The van der Waals surface area contributed by atoms with Gasteiger partial charge in [0.2, 0.25) is 0 Å². The Labute approximate surface area is 126 Å². The number of halogens is 2. The summed E-state index contributed by atoms with van der Waals surface area (Å²) in [6.07, 6.45) is 2.32. The summed E-state index contributed by atoms with van der Waals surface area (Å²) in [5, 5.41) is 10.3. The first-order valence-electron chi connectivity index (χ1n) is 6.85. The van der Waals surface area contributed by atoms with Crippen LogP contribution in [0.5, 0.6) is 0 Å². The molecule has 1 aliphatic rings. The molecule has 2 aromatic rings. The van der Waals surface area contributed by atoms with Crippen molar-refractivity contribution >= 4 is 15.9 Å². The third-order valence-corrected chi connectivity index (χ3v) is 4.15. The molecular weight excluding hydrogens is 319 g/mol. The van der Waals surface area contributed by atoms with Gasteiger partial charge in [0.05, 0.1) is 6.10 Å². The molecule has 1 saturated carbocycles. The molecule has 0 saturated heterocycles. The molecule has 0 amide bonds. The molecule has 1 unspecified atom stereocenters. The highest BCUT2D eigenvalue weighted by Gasteiger charge is 2.24. The molecule has 1 nitrogen and oxygen atoms in total. The zero-order valence-electron chi connectivity index (χ0n) is 11.0. The molecule has 0 radical (unpaired) electrons. The normalized spacial score (nSPS) is 16.1. The van der Waals surface area contributed by atoms with Crippen molar-refractivity contribution in [2.75, 3.05) is 0 Å². The van der Waals surface area contributed by atoms with Crippen LogP contribution in [0.1, 0.15) is 41.6 Å². The third kappa shape index (κ3) is 3.28. The SMILES string of the molecule is OC(Cc1cc(F)cc(Br)c1)c1cccc(C2CC2)c1. The van der Waals surface area contributed by atoms with E-state index in [9.17, 15) is 9.50 Å². The monoisotopic (exact) mass is 334 g/mol. The summed E-state index contributed by atoms with van der Waals surface area (Å²) >= 11 is 3.28. The maximum absolute atomic E-state index is 13.3. The van der Waals surface area contributed by atoms with Gasteiger partial charge < -0.3 is 5.11 Å². The lowest BCUT2D eigenvalue weighted by molar-refractivity contribution is 0.178. The fraction of sp³-hybridized carbons (Fsp3) is 0.294. The zero-order chi connectivity index (χ0) is 14.1. The minimum absolute atomic E-state index is 0.284. The van der Waals surface area contributed by atoms with Crippen molar-refractivity contribution in [1.29, 1.82) is 0 Å². The number of aliphatic hydroxyl groups excluding tert-OH is 1. The Morgan fingerprint density at radius 1 is 1.20 bits per heavy atom. The lowest BCUT2D eigenvalue weighted by Crippen LogP contribution is -2.02. The molecule has 3 rings (SSSR count). The summed E-state index contributed by atoms with van der Waals surface area (Å²) in [6.45, 7) is 0. The number of benzene rings is 2. The van der Waals surface area contributed by atoms with Crippen molar-refractivity contribution in [3.8, 4) is 0 Å². The van der Waals surface area contributed by atoms with Gasteiger partial charge in [0.25, 0.3) is 0 Å². The second kappa shape index (κ2) is 5.66. The smallest absolute Gasteiger partial charge is 0.124 e. The standard InChI is InChI=1S/C17H16BrFO/c18-15-6-11(7-16(19)10-15)8-17(20)14-3-1-2-13(9-14)12-4-5-12/h1-3,6-7,9-10,12,17,20H,4-5,8H2. The molecule has 1 fully saturated rings. The van der Waals surface area contributed by atoms with Gasteiger partial charge in [0.15, 0.2) is 0 Å². The van der Waals surface area contributed by atoms with Crippen LogP contribution in [0, 0.1) is 5.82 Å². The predicted octanol–water partition coefficient (Wildman–Crippen LogP) is 4.74. The van der Waals surface area contributed by atoms with Crippen LogP contribution < -0.4 is 0 Å². The Hall–Kier alpha value is -1.19. The highest BCUT2D eigenvalue weighted by Crippen LogP contribution is 2.40. The van der Waals surface area contributed by atoms with Gasteiger partial charge in [-0.05, 0) is 53.6 Å². The molecule has 2 aromatic carbocycles. The summed E-state index contributed by atoms with van der Waals surface area (Å²) in [5.41, 5.74) is 3.01. The molecule has 1 atom stereocenters. The van der Waals surface area contributed by atoms with E-state index in [2.05, 4.69) is 28.1 Å².